The van der Waals surface area contributed by atoms with Crippen LogP contribution in [0.3, 0.4) is 0 Å². The number of nitrogens with one attached hydrogen (secondary N) is 5. The van der Waals surface area contributed by atoms with Crippen molar-refractivity contribution in [1.29, 1.82) is 0 Å². The van der Waals surface area contributed by atoms with Crippen molar-refractivity contribution in [3.05, 3.63) is 71.0 Å². The van der Waals surface area contributed by atoms with Gasteiger partial charge in [0.1, 0.15) is 53.4 Å². The SMILES string of the molecule is CN=C1NC(N(Cc2ccc(C)o2)CC2N=C(N)NC(N(CCC3N=C(N)NC(=NCc4ccc(C)o4)N3)Cc3ccc(C)o3)=N2)=NC(C)N1. The van der Waals surface area contributed by atoms with E-state index in [0.717, 1.165) is 34.6 Å². The number of nitrogens with zero attached hydrogens (tertiary/aromatic N) is 8. The maximum Gasteiger partial charge on any atom is 0.203 e. The minimum atomic E-state index is -0.575. The van der Waals surface area contributed by atoms with Gasteiger partial charge in [-0.15, -0.1) is 0 Å². The fourth-order valence-corrected chi connectivity index (χ4v) is 5.60. The van der Waals surface area contributed by atoms with Crippen molar-refractivity contribution in [2.45, 2.75) is 72.2 Å². The minimum Gasteiger partial charge on any atom is -0.464 e. The molecule has 0 spiro atoms. The molecule has 3 unspecified atom stereocenters. The second kappa shape index (κ2) is 15.1. The predicted octanol–water partition coefficient (Wildman–Crippen LogP) is 0.956. The average molecular weight is 688 g/mol. The van der Waals surface area contributed by atoms with Crippen molar-refractivity contribution < 1.29 is 13.3 Å². The Kier molecular flexibility index (Phi) is 10.2. The Morgan fingerprint density at radius 1 is 0.720 bits per heavy atom. The molecule has 0 radical (unpaired) electrons. The fraction of sp³-hybridized carbons (Fsp3) is 0.438. The highest BCUT2D eigenvalue weighted by Gasteiger charge is 2.28. The number of hydrogen-bond donors (Lipinski definition) is 7. The third-order valence-corrected chi connectivity index (χ3v) is 7.89. The molecule has 3 aliphatic rings. The van der Waals surface area contributed by atoms with Crippen LogP contribution in [0, 0.1) is 20.8 Å². The van der Waals surface area contributed by atoms with Gasteiger partial charge in [0.25, 0.3) is 0 Å². The molecule has 3 aromatic heterocycles. The van der Waals surface area contributed by atoms with E-state index in [-0.39, 0.29) is 24.3 Å². The Morgan fingerprint density at radius 2 is 1.34 bits per heavy atom. The van der Waals surface area contributed by atoms with Crippen molar-refractivity contribution in [2.24, 2.45) is 41.4 Å². The van der Waals surface area contributed by atoms with E-state index in [1.165, 1.54) is 0 Å². The number of nitrogens with two attached hydrogens (primary N) is 2. The van der Waals surface area contributed by atoms with Crippen LogP contribution in [0.5, 0.6) is 0 Å². The molecule has 0 saturated carbocycles. The number of rotatable bonds is 11. The third-order valence-electron chi connectivity index (χ3n) is 7.89. The number of furan rings is 3. The molecule has 18 heteroatoms. The standard InChI is InChI=1S/C32H45N15O3/c1-18-6-9-22(48-18)14-36-30-41-25(39-27(33)43-30)12-13-46(15-23-10-7-19(2)49-23)32-42-26(40-28(34)44-32)17-47(16-24-11-8-20(3)50-24)31-38-21(4)37-29(35-5)45-31/h6-11,21,25-26H,12-17H2,1-5H3,(H3,34,40,42,44)(H2,35,37,38,45)(H4,33,36,39,41,43). The first-order chi connectivity index (χ1) is 24.1. The molecular formula is C32H45N15O3. The normalized spacial score (nSPS) is 21.9. The van der Waals surface area contributed by atoms with E-state index in [4.69, 9.17) is 34.7 Å². The molecule has 0 aliphatic carbocycles. The lowest BCUT2D eigenvalue weighted by Crippen LogP contribution is -2.57. The molecule has 0 bridgehead atoms. The summed E-state index contributed by atoms with van der Waals surface area (Å²) in [7, 11) is 1.71. The summed E-state index contributed by atoms with van der Waals surface area (Å²) in [6.45, 7) is 9.73. The van der Waals surface area contributed by atoms with Crippen LogP contribution in [0.15, 0.2) is 79.6 Å². The topological polar surface area (TPSA) is 232 Å². The van der Waals surface area contributed by atoms with Crippen molar-refractivity contribution in [3.8, 4) is 0 Å². The highest BCUT2D eigenvalue weighted by molar-refractivity contribution is 6.01. The average Bonchev–Trinajstić information content (AvgIpc) is 3.81. The summed E-state index contributed by atoms with van der Waals surface area (Å²) < 4.78 is 17.5. The highest BCUT2D eigenvalue weighted by atomic mass is 16.3. The molecule has 3 atom stereocenters. The lowest BCUT2D eigenvalue weighted by Gasteiger charge is -2.34. The minimum absolute atomic E-state index is 0.195. The van der Waals surface area contributed by atoms with E-state index in [2.05, 4.69) is 51.5 Å². The zero-order valence-corrected chi connectivity index (χ0v) is 28.9. The van der Waals surface area contributed by atoms with Crippen LogP contribution in [0.2, 0.25) is 0 Å². The van der Waals surface area contributed by atoms with Gasteiger partial charge in [0.05, 0.1) is 19.6 Å². The lowest BCUT2D eigenvalue weighted by atomic mass is 10.3. The molecule has 6 heterocycles. The van der Waals surface area contributed by atoms with Crippen LogP contribution in [0.25, 0.3) is 0 Å². The maximum absolute atomic E-state index is 6.40. The van der Waals surface area contributed by atoms with Crippen LogP contribution in [0.4, 0.5) is 0 Å². The Labute approximate surface area is 290 Å². The van der Waals surface area contributed by atoms with E-state index in [1.54, 1.807) is 7.05 Å². The number of hydrogen-bond acceptors (Lipinski definition) is 14. The highest BCUT2D eigenvalue weighted by Crippen LogP contribution is 2.17. The third kappa shape index (κ3) is 8.94. The van der Waals surface area contributed by atoms with Crippen LogP contribution in [0.1, 0.15) is 47.9 Å². The molecule has 0 amide bonds. The Hall–Kier alpha value is -5.94. The van der Waals surface area contributed by atoms with Crippen LogP contribution < -0.4 is 38.1 Å². The van der Waals surface area contributed by atoms with E-state index in [9.17, 15) is 0 Å². The molecule has 0 aromatic carbocycles. The molecule has 6 rings (SSSR count). The van der Waals surface area contributed by atoms with Gasteiger partial charge in [-0.3, -0.25) is 20.9 Å². The summed E-state index contributed by atoms with van der Waals surface area (Å²) in [5.41, 5.74) is 12.5. The zero-order chi connectivity index (χ0) is 35.2. The molecule has 3 aromatic rings. The largest absolute Gasteiger partial charge is 0.464 e. The van der Waals surface area contributed by atoms with Gasteiger partial charge in [-0.2, -0.15) is 0 Å². The lowest BCUT2D eigenvalue weighted by molar-refractivity contribution is 0.314. The predicted molar refractivity (Wildman–Crippen MR) is 191 cm³/mol. The van der Waals surface area contributed by atoms with E-state index >= 15 is 0 Å². The van der Waals surface area contributed by atoms with Crippen molar-refractivity contribution in [1.82, 2.24) is 36.4 Å². The number of guanidine groups is 6. The van der Waals surface area contributed by atoms with Gasteiger partial charge in [0, 0.05) is 20.0 Å². The van der Waals surface area contributed by atoms with Crippen molar-refractivity contribution >= 4 is 35.8 Å². The van der Waals surface area contributed by atoms with E-state index < -0.39 is 6.17 Å². The van der Waals surface area contributed by atoms with E-state index in [1.807, 2.05) is 69.0 Å². The molecule has 266 valence electrons. The van der Waals surface area contributed by atoms with E-state index in [0.29, 0.717) is 63.0 Å². The molecule has 0 saturated heterocycles. The molecule has 3 aliphatic heterocycles. The summed E-state index contributed by atoms with van der Waals surface area (Å²) in [5.74, 6) is 7.54. The Morgan fingerprint density at radius 3 is 1.98 bits per heavy atom. The van der Waals surface area contributed by atoms with Gasteiger partial charge >= 0.3 is 0 Å². The smallest absolute Gasteiger partial charge is 0.203 e. The first-order valence-corrected chi connectivity index (χ1v) is 16.4. The number of aryl methyl sites for hydroxylation is 3. The fourth-order valence-electron chi connectivity index (χ4n) is 5.60. The van der Waals surface area contributed by atoms with Gasteiger partial charge < -0.3 is 45.2 Å². The maximum atomic E-state index is 6.40. The van der Waals surface area contributed by atoms with Crippen molar-refractivity contribution in [3.63, 3.8) is 0 Å². The molecule has 18 nitrogen and oxygen atoms in total. The first kappa shape index (κ1) is 33.9. The summed E-state index contributed by atoms with van der Waals surface area (Å²) in [6.07, 6.45) is -0.570. The monoisotopic (exact) mass is 687 g/mol. The van der Waals surface area contributed by atoms with Gasteiger partial charge in [-0.25, -0.2) is 25.0 Å². The summed E-state index contributed by atoms with van der Waals surface area (Å²) >= 11 is 0. The zero-order valence-electron chi connectivity index (χ0n) is 28.9. The van der Waals surface area contributed by atoms with Gasteiger partial charge in [-0.1, -0.05) is 0 Å². The van der Waals surface area contributed by atoms with Gasteiger partial charge in [0.15, 0.2) is 30.0 Å². The van der Waals surface area contributed by atoms with Crippen LogP contribution in [-0.2, 0) is 19.6 Å². The quantitative estimate of drug-likeness (QED) is 0.149. The molecule has 50 heavy (non-hydrogen) atoms. The summed E-state index contributed by atoms with van der Waals surface area (Å²) in [6, 6.07) is 11.6. The van der Waals surface area contributed by atoms with Crippen LogP contribution >= 0.6 is 0 Å². The molecule has 9 N–H and O–H groups in total. The van der Waals surface area contributed by atoms with Crippen LogP contribution in [-0.4, -0.2) is 84.2 Å². The number of aliphatic imine (C=N–C) groups is 6. The summed E-state index contributed by atoms with van der Waals surface area (Å²) in [5, 5.41) is 16.0. The molecule has 0 fully saturated rings. The Bertz CT molecular complexity index is 1830. The second-order valence-corrected chi connectivity index (χ2v) is 12.1. The van der Waals surface area contributed by atoms with Gasteiger partial charge in [0.2, 0.25) is 11.9 Å². The summed E-state index contributed by atoms with van der Waals surface area (Å²) in [4.78, 5) is 32.0. The van der Waals surface area contributed by atoms with Gasteiger partial charge in [-0.05, 0) is 64.1 Å². The Balaban J connectivity index is 1.21. The molecular weight excluding hydrogens is 642 g/mol. The van der Waals surface area contributed by atoms with Crippen molar-refractivity contribution in [2.75, 3.05) is 20.1 Å². The first-order valence-electron chi connectivity index (χ1n) is 16.4. The second-order valence-electron chi connectivity index (χ2n) is 12.1.